The molecule has 0 amide bonds. The molecule has 0 spiro atoms. The number of benzene rings is 4. The van der Waals surface area contributed by atoms with E-state index in [0.717, 1.165) is 33.6 Å². The molecule has 6 aromatic rings. The highest BCUT2D eigenvalue weighted by Crippen LogP contribution is 2.37. The number of phenolic OH excluding ortho intramolecular Hbond substituents is 2. The number of anilines is 4. The van der Waals surface area contributed by atoms with E-state index < -0.39 is 18.2 Å². The van der Waals surface area contributed by atoms with Crippen molar-refractivity contribution in [3.8, 4) is 35.0 Å². The van der Waals surface area contributed by atoms with Gasteiger partial charge in [-0.05, 0) is 66.2 Å². The van der Waals surface area contributed by atoms with Crippen LogP contribution in [0.1, 0.15) is 34.5 Å². The lowest BCUT2D eigenvalue weighted by Gasteiger charge is -2.18. The molecule has 4 aromatic carbocycles. The SMILES string of the molecule is O=C(OC1NCc2c(OCCOCCOc3ncc(Nc4ccc(O)cc4)cn3)cccc21)C1NCc2c(OCCOCCOc3ncc(Nc4ccc(O)cc4)cn3)cccc21. The van der Waals surface area contributed by atoms with E-state index in [1.807, 2.05) is 36.4 Å². The summed E-state index contributed by atoms with van der Waals surface area (Å²) in [6.45, 7) is 3.38. The fourth-order valence-electron chi connectivity index (χ4n) is 6.79. The Morgan fingerprint density at radius 3 is 1.49 bits per heavy atom. The van der Waals surface area contributed by atoms with Gasteiger partial charge in [-0.3, -0.25) is 10.6 Å². The van der Waals surface area contributed by atoms with Crippen molar-refractivity contribution in [2.75, 3.05) is 63.5 Å². The molecule has 2 atom stereocenters. The Morgan fingerprint density at radius 2 is 0.984 bits per heavy atom. The van der Waals surface area contributed by atoms with Gasteiger partial charge in [-0.2, -0.15) is 0 Å². The topological polar surface area (TPSA) is 222 Å². The number of hydrogen-bond donors (Lipinski definition) is 6. The minimum absolute atomic E-state index is 0.189. The van der Waals surface area contributed by atoms with Crippen LogP contribution in [0.3, 0.4) is 0 Å². The summed E-state index contributed by atoms with van der Waals surface area (Å²) in [4.78, 5) is 30.4. The molecule has 8 rings (SSSR count). The lowest BCUT2D eigenvalue weighted by atomic mass is 10.0. The van der Waals surface area contributed by atoms with E-state index in [1.165, 1.54) is 0 Å². The highest BCUT2D eigenvalue weighted by molar-refractivity contribution is 5.80. The van der Waals surface area contributed by atoms with E-state index in [0.29, 0.717) is 75.6 Å². The average molecular weight is 859 g/mol. The third-order valence-electron chi connectivity index (χ3n) is 9.81. The molecule has 2 aliphatic heterocycles. The number of nitrogens with zero attached hydrogens (tertiary/aromatic N) is 4. The molecule has 0 radical (unpaired) electrons. The highest BCUT2D eigenvalue weighted by Gasteiger charge is 2.35. The van der Waals surface area contributed by atoms with Crippen LogP contribution < -0.4 is 40.2 Å². The number of carbonyl (C=O) groups is 1. The fraction of sp³-hybridized carbons (Fsp3) is 0.267. The second kappa shape index (κ2) is 21.0. The summed E-state index contributed by atoms with van der Waals surface area (Å²) in [5.74, 6) is 1.34. The molecule has 0 fully saturated rings. The van der Waals surface area contributed by atoms with Gasteiger partial charge in [0.2, 0.25) is 0 Å². The second-order valence-electron chi connectivity index (χ2n) is 14.1. The zero-order valence-electron chi connectivity index (χ0n) is 34.1. The third kappa shape index (κ3) is 11.6. The van der Waals surface area contributed by atoms with Gasteiger partial charge >= 0.3 is 18.0 Å². The van der Waals surface area contributed by atoms with Crippen LogP contribution in [0.2, 0.25) is 0 Å². The molecule has 326 valence electrons. The molecule has 0 saturated heterocycles. The first kappa shape index (κ1) is 42.4. The third-order valence-corrected chi connectivity index (χ3v) is 9.81. The summed E-state index contributed by atoms with van der Waals surface area (Å²) in [5, 5.41) is 31.7. The standard InChI is InChI=1S/C45H46N8O10/c54-33-11-7-29(8-12-33)52-31-23-48-44(49-24-31)61-21-17-57-15-19-59-39-5-1-3-35-37(39)27-46-41(35)43(56)63-42-36-4-2-6-40(38(36)28-47-42)60-20-16-58-18-22-62-45-50-25-32(26-51-45)53-30-9-13-34(55)14-10-30/h1-14,23-26,41-42,46-47,52-55H,15-22,27-28H2. The Kier molecular flexibility index (Phi) is 14.2. The quantitative estimate of drug-likeness (QED) is 0.0278. The summed E-state index contributed by atoms with van der Waals surface area (Å²) < 4.78 is 40.6. The van der Waals surface area contributed by atoms with Gasteiger partial charge in [0.1, 0.15) is 55.5 Å². The molecular weight excluding hydrogens is 813 g/mol. The van der Waals surface area contributed by atoms with Crippen molar-refractivity contribution >= 4 is 28.7 Å². The highest BCUT2D eigenvalue weighted by atomic mass is 16.6. The van der Waals surface area contributed by atoms with Crippen LogP contribution in [0.5, 0.6) is 35.0 Å². The van der Waals surface area contributed by atoms with Crippen molar-refractivity contribution in [1.82, 2.24) is 30.6 Å². The Balaban J connectivity index is 0.712. The minimum Gasteiger partial charge on any atom is -0.508 e. The summed E-state index contributed by atoms with van der Waals surface area (Å²) in [5.41, 5.74) is 6.42. The van der Waals surface area contributed by atoms with Crippen LogP contribution in [0.15, 0.2) is 110 Å². The smallest absolute Gasteiger partial charge is 0.329 e. The number of hydrogen-bond acceptors (Lipinski definition) is 18. The van der Waals surface area contributed by atoms with Crippen LogP contribution in [0, 0.1) is 0 Å². The van der Waals surface area contributed by atoms with Gasteiger partial charge in [0, 0.05) is 41.2 Å². The molecule has 0 aliphatic carbocycles. The Bertz CT molecular complexity index is 2410. The normalized spacial score (nSPS) is 14.9. The molecule has 2 aromatic heterocycles. The molecular formula is C45H46N8O10. The average Bonchev–Trinajstić information content (AvgIpc) is 3.94. The van der Waals surface area contributed by atoms with Gasteiger partial charge in [-0.25, -0.2) is 24.7 Å². The number of nitrogens with one attached hydrogen (secondary N) is 4. The summed E-state index contributed by atoms with van der Waals surface area (Å²) in [6, 6.07) is 24.5. The molecule has 2 aliphatic rings. The first-order valence-electron chi connectivity index (χ1n) is 20.3. The lowest BCUT2D eigenvalue weighted by molar-refractivity contribution is -0.153. The number of fused-ring (bicyclic) bond motifs is 2. The van der Waals surface area contributed by atoms with Crippen molar-refractivity contribution in [3.63, 3.8) is 0 Å². The van der Waals surface area contributed by atoms with Gasteiger partial charge in [-0.1, -0.05) is 24.3 Å². The molecule has 0 bridgehead atoms. The van der Waals surface area contributed by atoms with Gasteiger partial charge in [-0.15, -0.1) is 0 Å². The lowest BCUT2D eigenvalue weighted by Crippen LogP contribution is -2.28. The molecule has 18 nitrogen and oxygen atoms in total. The largest absolute Gasteiger partial charge is 0.508 e. The molecule has 0 saturated carbocycles. The predicted molar refractivity (Wildman–Crippen MR) is 229 cm³/mol. The first-order valence-corrected chi connectivity index (χ1v) is 20.3. The van der Waals surface area contributed by atoms with E-state index in [9.17, 15) is 15.0 Å². The Labute approximate surface area is 362 Å². The van der Waals surface area contributed by atoms with Gasteiger partial charge in [0.15, 0.2) is 6.23 Å². The van der Waals surface area contributed by atoms with Crippen LogP contribution in [-0.4, -0.2) is 89.0 Å². The number of aromatic hydroxyl groups is 2. The fourth-order valence-corrected chi connectivity index (χ4v) is 6.79. The second-order valence-corrected chi connectivity index (χ2v) is 14.1. The predicted octanol–water partition coefficient (Wildman–Crippen LogP) is 5.60. The molecule has 63 heavy (non-hydrogen) atoms. The van der Waals surface area contributed by atoms with Crippen LogP contribution in [0.25, 0.3) is 0 Å². The number of phenols is 2. The van der Waals surface area contributed by atoms with Crippen molar-refractivity contribution in [1.29, 1.82) is 0 Å². The van der Waals surface area contributed by atoms with Crippen molar-refractivity contribution in [2.45, 2.75) is 25.4 Å². The maximum absolute atomic E-state index is 13.5. The van der Waals surface area contributed by atoms with Gasteiger partial charge in [0.25, 0.3) is 0 Å². The van der Waals surface area contributed by atoms with Crippen LogP contribution >= 0.6 is 0 Å². The number of esters is 1. The number of rotatable bonds is 22. The summed E-state index contributed by atoms with van der Waals surface area (Å²) in [7, 11) is 0. The van der Waals surface area contributed by atoms with E-state index >= 15 is 0 Å². The molecule has 2 unspecified atom stereocenters. The van der Waals surface area contributed by atoms with Gasteiger partial charge < -0.3 is 54.0 Å². The van der Waals surface area contributed by atoms with Crippen molar-refractivity contribution < 1.29 is 48.2 Å². The van der Waals surface area contributed by atoms with Gasteiger partial charge in [0.05, 0.1) is 62.6 Å². The Hall–Kier alpha value is -7.25. The first-order chi connectivity index (χ1) is 30.9. The van der Waals surface area contributed by atoms with Crippen molar-refractivity contribution in [2.24, 2.45) is 0 Å². The summed E-state index contributed by atoms with van der Waals surface area (Å²) >= 11 is 0. The van der Waals surface area contributed by atoms with E-state index in [-0.39, 0.29) is 36.7 Å². The zero-order valence-corrected chi connectivity index (χ0v) is 34.1. The maximum atomic E-state index is 13.5. The number of ether oxygens (including phenoxy) is 7. The molecule has 6 N–H and O–H groups in total. The minimum atomic E-state index is -0.650. The van der Waals surface area contributed by atoms with Crippen molar-refractivity contribution in [3.05, 3.63) is 132 Å². The summed E-state index contributed by atoms with van der Waals surface area (Å²) in [6.07, 6.45) is 5.81. The zero-order chi connectivity index (χ0) is 43.2. The molecule has 18 heteroatoms. The Morgan fingerprint density at radius 1 is 0.540 bits per heavy atom. The number of carbonyl (C=O) groups excluding carboxylic acids is 1. The van der Waals surface area contributed by atoms with E-state index in [4.69, 9.17) is 33.2 Å². The maximum Gasteiger partial charge on any atom is 0.329 e. The van der Waals surface area contributed by atoms with Crippen LogP contribution in [-0.2, 0) is 32.1 Å². The molecule has 4 heterocycles. The number of aromatic nitrogens is 4. The van der Waals surface area contributed by atoms with Crippen LogP contribution in [0.4, 0.5) is 22.7 Å². The van der Waals surface area contributed by atoms with E-state index in [2.05, 4.69) is 41.2 Å². The monoisotopic (exact) mass is 858 g/mol. The van der Waals surface area contributed by atoms with E-state index in [1.54, 1.807) is 73.3 Å².